The summed E-state index contributed by atoms with van der Waals surface area (Å²) in [6.45, 7) is 2.85. The highest BCUT2D eigenvalue weighted by Crippen LogP contribution is 2.32. The van der Waals surface area contributed by atoms with Gasteiger partial charge in [-0.2, -0.15) is 0 Å². The number of rotatable bonds is 8. The molecule has 0 atom stereocenters. The van der Waals surface area contributed by atoms with Gasteiger partial charge in [0.1, 0.15) is 5.76 Å². The maximum atomic E-state index is 5.40. The van der Waals surface area contributed by atoms with Crippen LogP contribution in [-0.2, 0) is 17.7 Å². The molecule has 1 aromatic carbocycles. The molecule has 0 unspecified atom stereocenters. The molecule has 142 valence electrons. The fourth-order valence-corrected chi connectivity index (χ4v) is 2.41. The zero-order chi connectivity index (χ0) is 17.3. The Morgan fingerprint density at radius 1 is 1.15 bits per heavy atom. The van der Waals surface area contributed by atoms with Crippen LogP contribution in [0, 0.1) is 0 Å². The summed E-state index contributed by atoms with van der Waals surface area (Å²) in [7, 11) is 1.68. The lowest BCUT2D eigenvalue weighted by Gasteiger charge is -2.12. The van der Waals surface area contributed by atoms with E-state index in [0.717, 1.165) is 41.7 Å². The average molecular weight is 473 g/mol. The van der Waals surface area contributed by atoms with Crippen LogP contribution in [0.25, 0.3) is 0 Å². The largest absolute Gasteiger partial charge is 0.469 e. The topological polar surface area (TPSA) is 77.2 Å². The Hall–Kier alpha value is -1.94. The fourth-order valence-electron chi connectivity index (χ4n) is 2.41. The van der Waals surface area contributed by atoms with Gasteiger partial charge in [0.25, 0.3) is 0 Å². The molecule has 26 heavy (non-hydrogen) atoms. The Morgan fingerprint density at radius 2 is 2.00 bits per heavy atom. The van der Waals surface area contributed by atoms with Crippen molar-refractivity contribution < 1.29 is 18.6 Å². The number of hydrogen-bond acceptors (Lipinski definition) is 5. The highest BCUT2D eigenvalue weighted by molar-refractivity contribution is 14.0. The maximum Gasteiger partial charge on any atom is 0.231 e. The number of halogens is 1. The van der Waals surface area contributed by atoms with Crippen LogP contribution in [0.1, 0.15) is 11.3 Å². The molecule has 8 heteroatoms. The van der Waals surface area contributed by atoms with Gasteiger partial charge < -0.3 is 29.3 Å². The Labute approximate surface area is 170 Å². The van der Waals surface area contributed by atoms with E-state index in [0.29, 0.717) is 19.7 Å². The molecule has 0 spiro atoms. The van der Waals surface area contributed by atoms with Crippen molar-refractivity contribution in [1.82, 2.24) is 10.6 Å². The molecule has 0 saturated carbocycles. The van der Waals surface area contributed by atoms with Crippen LogP contribution in [0.15, 0.2) is 46.0 Å². The molecule has 3 rings (SSSR count). The van der Waals surface area contributed by atoms with Gasteiger partial charge in [-0.05, 0) is 29.8 Å². The summed E-state index contributed by atoms with van der Waals surface area (Å²) in [6, 6.07) is 9.72. The van der Waals surface area contributed by atoms with Crippen molar-refractivity contribution in [2.24, 2.45) is 4.99 Å². The van der Waals surface area contributed by atoms with E-state index in [1.165, 1.54) is 0 Å². The van der Waals surface area contributed by atoms with Crippen molar-refractivity contribution in [2.45, 2.75) is 13.0 Å². The van der Waals surface area contributed by atoms with Crippen LogP contribution in [0.3, 0.4) is 0 Å². The molecule has 0 amide bonds. The minimum atomic E-state index is 0. The van der Waals surface area contributed by atoms with E-state index in [2.05, 4.69) is 15.6 Å². The molecule has 0 bridgehead atoms. The van der Waals surface area contributed by atoms with Crippen molar-refractivity contribution in [2.75, 3.05) is 33.6 Å². The maximum absolute atomic E-state index is 5.40. The molecule has 0 aliphatic carbocycles. The smallest absolute Gasteiger partial charge is 0.231 e. The quantitative estimate of drug-likeness (QED) is 0.266. The molecule has 7 nitrogen and oxygen atoms in total. The van der Waals surface area contributed by atoms with Crippen molar-refractivity contribution in [3.63, 3.8) is 0 Å². The fraction of sp³-hybridized carbons (Fsp3) is 0.389. The van der Waals surface area contributed by atoms with Crippen LogP contribution < -0.4 is 20.1 Å². The number of fused-ring (bicyclic) bond motifs is 1. The number of guanidine groups is 1. The Balaban J connectivity index is 0.00000243. The summed E-state index contributed by atoms with van der Waals surface area (Å²) >= 11 is 0. The minimum Gasteiger partial charge on any atom is -0.469 e. The summed E-state index contributed by atoms with van der Waals surface area (Å²) in [5, 5.41) is 6.56. The highest BCUT2D eigenvalue weighted by atomic mass is 127. The van der Waals surface area contributed by atoms with Gasteiger partial charge in [0.2, 0.25) is 6.79 Å². The SMILES string of the molecule is COCCNC(=NCc1ccc2c(c1)OCO2)NCCc1ccco1.I. The minimum absolute atomic E-state index is 0. The monoisotopic (exact) mass is 473 g/mol. The predicted molar refractivity (Wildman–Crippen MR) is 109 cm³/mol. The third-order valence-electron chi connectivity index (χ3n) is 3.70. The van der Waals surface area contributed by atoms with E-state index in [1.54, 1.807) is 13.4 Å². The summed E-state index contributed by atoms with van der Waals surface area (Å²) in [4.78, 5) is 4.62. The summed E-state index contributed by atoms with van der Waals surface area (Å²) in [5.41, 5.74) is 1.06. The number of furan rings is 1. The highest BCUT2D eigenvalue weighted by Gasteiger charge is 2.13. The molecule has 2 heterocycles. The van der Waals surface area contributed by atoms with E-state index in [4.69, 9.17) is 18.6 Å². The summed E-state index contributed by atoms with van der Waals surface area (Å²) < 4.78 is 21.1. The van der Waals surface area contributed by atoms with Crippen LogP contribution in [0.5, 0.6) is 11.5 Å². The van der Waals surface area contributed by atoms with E-state index in [1.807, 2.05) is 30.3 Å². The molecule has 1 aromatic heterocycles. The van der Waals surface area contributed by atoms with Gasteiger partial charge in [0.05, 0.1) is 19.4 Å². The van der Waals surface area contributed by atoms with E-state index >= 15 is 0 Å². The lowest BCUT2D eigenvalue weighted by Crippen LogP contribution is -2.40. The number of benzene rings is 1. The van der Waals surface area contributed by atoms with Gasteiger partial charge in [-0.25, -0.2) is 4.99 Å². The lowest BCUT2D eigenvalue weighted by atomic mass is 10.2. The van der Waals surface area contributed by atoms with Crippen LogP contribution >= 0.6 is 24.0 Å². The number of aliphatic imine (C=N–C) groups is 1. The summed E-state index contributed by atoms with van der Waals surface area (Å²) in [5.74, 6) is 3.23. The van der Waals surface area contributed by atoms with Crippen LogP contribution in [-0.4, -0.2) is 39.6 Å². The van der Waals surface area contributed by atoms with Crippen molar-refractivity contribution in [1.29, 1.82) is 0 Å². The Morgan fingerprint density at radius 3 is 2.81 bits per heavy atom. The molecular formula is C18H24IN3O4. The van der Waals surface area contributed by atoms with E-state index < -0.39 is 0 Å². The first-order chi connectivity index (χ1) is 12.3. The van der Waals surface area contributed by atoms with Gasteiger partial charge >= 0.3 is 0 Å². The molecule has 1 aliphatic heterocycles. The van der Waals surface area contributed by atoms with Gasteiger partial charge in [0, 0.05) is 26.6 Å². The molecular weight excluding hydrogens is 449 g/mol. The first-order valence-corrected chi connectivity index (χ1v) is 8.27. The second-order valence-electron chi connectivity index (χ2n) is 5.53. The first kappa shape index (κ1) is 20.4. The molecule has 0 saturated heterocycles. The normalized spacial score (nSPS) is 12.6. The Bertz CT molecular complexity index is 692. The van der Waals surface area contributed by atoms with Gasteiger partial charge in [-0.3, -0.25) is 0 Å². The summed E-state index contributed by atoms with van der Waals surface area (Å²) in [6.07, 6.45) is 2.48. The Kier molecular flexibility index (Phi) is 8.56. The van der Waals surface area contributed by atoms with Crippen molar-refractivity contribution in [3.8, 4) is 11.5 Å². The average Bonchev–Trinajstić information content (AvgIpc) is 3.30. The number of hydrogen-bond donors (Lipinski definition) is 2. The van der Waals surface area contributed by atoms with Gasteiger partial charge in [-0.1, -0.05) is 6.07 Å². The standard InChI is InChI=1S/C18H23N3O4.HI/c1-22-10-8-20-18(19-7-6-15-3-2-9-23-15)21-12-14-4-5-16-17(11-14)25-13-24-16;/h2-5,9,11H,6-8,10,12-13H2,1H3,(H2,19,20,21);1H. The third kappa shape index (κ3) is 6.10. The molecule has 2 aromatic rings. The van der Waals surface area contributed by atoms with Gasteiger partial charge in [-0.15, -0.1) is 24.0 Å². The lowest BCUT2D eigenvalue weighted by molar-refractivity contribution is 0.174. The first-order valence-electron chi connectivity index (χ1n) is 8.27. The predicted octanol–water partition coefficient (Wildman–Crippen LogP) is 2.55. The van der Waals surface area contributed by atoms with E-state index in [-0.39, 0.29) is 30.8 Å². The second-order valence-corrected chi connectivity index (χ2v) is 5.53. The molecule has 0 fully saturated rings. The molecule has 0 radical (unpaired) electrons. The number of nitrogens with one attached hydrogen (secondary N) is 2. The van der Waals surface area contributed by atoms with Crippen LogP contribution in [0.4, 0.5) is 0 Å². The number of ether oxygens (including phenoxy) is 3. The van der Waals surface area contributed by atoms with Crippen LogP contribution in [0.2, 0.25) is 0 Å². The third-order valence-corrected chi connectivity index (χ3v) is 3.70. The van der Waals surface area contributed by atoms with E-state index in [9.17, 15) is 0 Å². The molecule has 2 N–H and O–H groups in total. The van der Waals surface area contributed by atoms with Crippen molar-refractivity contribution >= 4 is 29.9 Å². The van der Waals surface area contributed by atoms with Gasteiger partial charge in [0.15, 0.2) is 17.5 Å². The number of nitrogens with zero attached hydrogens (tertiary/aromatic N) is 1. The zero-order valence-corrected chi connectivity index (χ0v) is 17.0. The second kappa shape index (κ2) is 10.9. The molecule has 1 aliphatic rings. The number of methoxy groups -OCH3 is 1. The zero-order valence-electron chi connectivity index (χ0n) is 14.7. The van der Waals surface area contributed by atoms with Crippen molar-refractivity contribution in [3.05, 3.63) is 47.9 Å².